The van der Waals surface area contributed by atoms with Crippen molar-refractivity contribution in [2.75, 3.05) is 0 Å². The molecule has 2 atom stereocenters. The number of ketones is 1. The van der Waals surface area contributed by atoms with E-state index in [4.69, 9.17) is 5.11 Å². The molecule has 0 aliphatic carbocycles. The average molecular weight is 186 g/mol. The molecule has 0 aliphatic rings. The molecule has 0 saturated heterocycles. The fourth-order valence-electron chi connectivity index (χ4n) is 1.26. The predicted octanol–water partition coefficient (Wildman–Crippen LogP) is 2.10. The standard InChI is InChI=1S/C10H18O3/c1-4-5-9(11)7(2)6-8(3)10(12)13/h7-8H,4-6H2,1-3H3,(H,12,13)/t7-,8+/m0/s1. The Morgan fingerprint density at radius 3 is 2.15 bits per heavy atom. The second-order valence-electron chi connectivity index (χ2n) is 3.59. The van der Waals surface area contributed by atoms with Gasteiger partial charge in [0.15, 0.2) is 0 Å². The highest BCUT2D eigenvalue weighted by Gasteiger charge is 2.19. The molecule has 0 unspecified atom stereocenters. The molecule has 0 fully saturated rings. The maximum atomic E-state index is 11.3. The lowest BCUT2D eigenvalue weighted by atomic mass is 9.92. The minimum absolute atomic E-state index is 0.119. The van der Waals surface area contributed by atoms with E-state index in [1.54, 1.807) is 13.8 Å². The summed E-state index contributed by atoms with van der Waals surface area (Å²) in [5, 5.41) is 8.63. The van der Waals surface area contributed by atoms with Crippen molar-refractivity contribution >= 4 is 11.8 Å². The molecule has 0 aromatic rings. The van der Waals surface area contributed by atoms with E-state index < -0.39 is 11.9 Å². The lowest BCUT2D eigenvalue weighted by molar-refractivity contribution is -0.141. The molecular weight excluding hydrogens is 168 g/mol. The number of hydrogen-bond acceptors (Lipinski definition) is 2. The van der Waals surface area contributed by atoms with Crippen LogP contribution in [-0.2, 0) is 9.59 Å². The van der Waals surface area contributed by atoms with Crippen molar-refractivity contribution in [1.29, 1.82) is 0 Å². The maximum Gasteiger partial charge on any atom is 0.306 e. The van der Waals surface area contributed by atoms with Crippen molar-refractivity contribution in [2.45, 2.75) is 40.0 Å². The van der Waals surface area contributed by atoms with Crippen LogP contribution in [0.1, 0.15) is 40.0 Å². The molecule has 0 bridgehead atoms. The van der Waals surface area contributed by atoms with Gasteiger partial charge in [0, 0.05) is 12.3 Å². The predicted molar refractivity (Wildman–Crippen MR) is 50.5 cm³/mol. The summed E-state index contributed by atoms with van der Waals surface area (Å²) in [5.74, 6) is -1.19. The topological polar surface area (TPSA) is 54.4 Å². The average Bonchev–Trinajstić information content (AvgIpc) is 2.04. The third kappa shape index (κ3) is 4.65. The van der Waals surface area contributed by atoms with E-state index in [2.05, 4.69) is 0 Å². The highest BCUT2D eigenvalue weighted by molar-refractivity contribution is 5.81. The number of Topliss-reactive ketones (excluding diaryl/α,β-unsaturated/α-hetero) is 1. The van der Waals surface area contributed by atoms with E-state index in [1.807, 2.05) is 6.92 Å². The lowest BCUT2D eigenvalue weighted by Gasteiger charge is -2.12. The van der Waals surface area contributed by atoms with Crippen LogP contribution in [0, 0.1) is 11.8 Å². The summed E-state index contributed by atoms with van der Waals surface area (Å²) in [5.41, 5.74) is 0. The van der Waals surface area contributed by atoms with Crippen LogP contribution in [0.4, 0.5) is 0 Å². The Morgan fingerprint density at radius 1 is 1.23 bits per heavy atom. The van der Waals surface area contributed by atoms with Crippen LogP contribution in [0.3, 0.4) is 0 Å². The lowest BCUT2D eigenvalue weighted by Crippen LogP contribution is -2.18. The number of carbonyl (C=O) groups is 2. The summed E-state index contributed by atoms with van der Waals surface area (Å²) in [6, 6.07) is 0. The van der Waals surface area contributed by atoms with Gasteiger partial charge in [-0.3, -0.25) is 9.59 Å². The van der Waals surface area contributed by atoms with Crippen LogP contribution in [-0.4, -0.2) is 16.9 Å². The molecule has 76 valence electrons. The molecule has 3 heteroatoms. The molecule has 0 amide bonds. The summed E-state index contributed by atoms with van der Waals surface area (Å²) >= 11 is 0. The van der Waals surface area contributed by atoms with E-state index in [0.717, 1.165) is 6.42 Å². The second-order valence-corrected chi connectivity index (χ2v) is 3.59. The summed E-state index contributed by atoms with van der Waals surface area (Å²) in [6.45, 7) is 5.39. The van der Waals surface area contributed by atoms with Gasteiger partial charge in [0.05, 0.1) is 5.92 Å². The third-order valence-corrected chi connectivity index (χ3v) is 2.17. The number of aliphatic carboxylic acids is 1. The first-order chi connectivity index (χ1) is 5.99. The van der Waals surface area contributed by atoms with Crippen LogP contribution < -0.4 is 0 Å². The van der Waals surface area contributed by atoms with Crippen LogP contribution in [0.15, 0.2) is 0 Å². The van der Waals surface area contributed by atoms with E-state index in [0.29, 0.717) is 12.8 Å². The number of carboxylic acids is 1. The second kappa shape index (κ2) is 5.73. The monoisotopic (exact) mass is 186 g/mol. The molecule has 3 nitrogen and oxygen atoms in total. The Hall–Kier alpha value is -0.860. The van der Waals surface area contributed by atoms with E-state index in [9.17, 15) is 9.59 Å². The largest absolute Gasteiger partial charge is 0.481 e. The van der Waals surface area contributed by atoms with Crippen molar-refractivity contribution < 1.29 is 14.7 Å². The third-order valence-electron chi connectivity index (χ3n) is 2.17. The van der Waals surface area contributed by atoms with Crippen LogP contribution in [0.25, 0.3) is 0 Å². The van der Waals surface area contributed by atoms with Crippen LogP contribution >= 0.6 is 0 Å². The molecule has 1 N–H and O–H groups in total. The smallest absolute Gasteiger partial charge is 0.306 e. The molecule has 0 saturated carbocycles. The first-order valence-corrected chi connectivity index (χ1v) is 4.74. The van der Waals surface area contributed by atoms with Crippen LogP contribution in [0.5, 0.6) is 0 Å². The van der Waals surface area contributed by atoms with Crippen molar-refractivity contribution in [3.8, 4) is 0 Å². The van der Waals surface area contributed by atoms with Gasteiger partial charge in [-0.25, -0.2) is 0 Å². The minimum Gasteiger partial charge on any atom is -0.481 e. The number of carboxylic acid groups (broad SMARTS) is 1. The SMILES string of the molecule is CCCC(=O)[C@@H](C)C[C@@H](C)C(=O)O. The highest BCUT2D eigenvalue weighted by atomic mass is 16.4. The zero-order chi connectivity index (χ0) is 10.4. The van der Waals surface area contributed by atoms with Crippen molar-refractivity contribution in [1.82, 2.24) is 0 Å². The van der Waals surface area contributed by atoms with Crippen molar-refractivity contribution in [3.05, 3.63) is 0 Å². The summed E-state index contributed by atoms with van der Waals surface area (Å²) < 4.78 is 0. The molecule has 0 aromatic heterocycles. The van der Waals surface area contributed by atoms with Gasteiger partial charge in [-0.1, -0.05) is 20.8 Å². The van der Waals surface area contributed by atoms with E-state index in [-0.39, 0.29) is 11.7 Å². The van der Waals surface area contributed by atoms with E-state index >= 15 is 0 Å². The minimum atomic E-state index is -0.823. The normalized spacial score (nSPS) is 15.0. The first kappa shape index (κ1) is 12.1. The molecule has 0 rings (SSSR count). The molecule has 0 aliphatic heterocycles. The zero-order valence-electron chi connectivity index (χ0n) is 8.54. The fraction of sp³-hybridized carbons (Fsp3) is 0.800. The highest BCUT2D eigenvalue weighted by Crippen LogP contribution is 2.14. The Kier molecular flexibility index (Phi) is 5.35. The molecule has 0 radical (unpaired) electrons. The van der Waals surface area contributed by atoms with Gasteiger partial charge in [0.1, 0.15) is 5.78 Å². The quantitative estimate of drug-likeness (QED) is 0.691. The fourth-order valence-corrected chi connectivity index (χ4v) is 1.26. The number of hydrogen-bond donors (Lipinski definition) is 1. The summed E-state index contributed by atoms with van der Waals surface area (Å²) in [7, 11) is 0. The molecule has 0 heterocycles. The van der Waals surface area contributed by atoms with Gasteiger partial charge in [-0.05, 0) is 12.8 Å². The Labute approximate surface area is 79.1 Å². The van der Waals surface area contributed by atoms with Crippen LogP contribution in [0.2, 0.25) is 0 Å². The first-order valence-electron chi connectivity index (χ1n) is 4.74. The number of rotatable bonds is 6. The van der Waals surface area contributed by atoms with Gasteiger partial charge < -0.3 is 5.11 Å². The van der Waals surface area contributed by atoms with Gasteiger partial charge in [-0.15, -0.1) is 0 Å². The van der Waals surface area contributed by atoms with Gasteiger partial charge in [-0.2, -0.15) is 0 Å². The molecule has 0 aromatic carbocycles. The summed E-state index contributed by atoms with van der Waals surface area (Å²) in [4.78, 5) is 21.8. The molecule has 0 spiro atoms. The Balaban J connectivity index is 3.92. The molecule has 13 heavy (non-hydrogen) atoms. The Morgan fingerprint density at radius 2 is 1.77 bits per heavy atom. The van der Waals surface area contributed by atoms with Gasteiger partial charge >= 0.3 is 5.97 Å². The number of carbonyl (C=O) groups excluding carboxylic acids is 1. The summed E-state index contributed by atoms with van der Waals surface area (Å²) in [6.07, 6.45) is 1.85. The maximum absolute atomic E-state index is 11.3. The Bertz CT molecular complexity index is 187. The zero-order valence-corrected chi connectivity index (χ0v) is 8.54. The van der Waals surface area contributed by atoms with Gasteiger partial charge in [0.25, 0.3) is 0 Å². The molecular formula is C10H18O3. The van der Waals surface area contributed by atoms with Crippen molar-refractivity contribution in [3.63, 3.8) is 0 Å². The van der Waals surface area contributed by atoms with Crippen molar-refractivity contribution in [2.24, 2.45) is 11.8 Å². The van der Waals surface area contributed by atoms with Gasteiger partial charge in [0.2, 0.25) is 0 Å². The van der Waals surface area contributed by atoms with E-state index in [1.165, 1.54) is 0 Å².